The number of pyridine rings is 1. The largest absolute Gasteiger partial charge is 0.573 e. The van der Waals surface area contributed by atoms with Gasteiger partial charge in [0, 0.05) is 6.20 Å². The average Bonchev–Trinajstić information content (AvgIpc) is 2.10. The van der Waals surface area contributed by atoms with Gasteiger partial charge in [0.05, 0.1) is 9.13 Å². The number of hydrogen-bond donors (Lipinski definition) is 0. The van der Waals surface area contributed by atoms with Gasteiger partial charge in [0.2, 0.25) is 0 Å². The third-order valence-electron chi connectivity index (χ3n) is 1.41. The number of rotatable bonds is 2. The van der Waals surface area contributed by atoms with Crippen LogP contribution in [0.3, 0.4) is 0 Å². The quantitative estimate of drug-likeness (QED) is 0.441. The molecule has 0 fully saturated rings. The van der Waals surface area contributed by atoms with E-state index in [0.29, 0.717) is 6.20 Å². The first-order valence-corrected chi connectivity index (χ1v) is 5.06. The van der Waals surface area contributed by atoms with Gasteiger partial charge in [0.15, 0.2) is 5.75 Å². The van der Waals surface area contributed by atoms with Crippen LogP contribution < -0.4 is 4.74 Å². The number of ether oxygens (including phenoxy) is 1. The molecule has 0 spiro atoms. The molecule has 0 amide bonds. The van der Waals surface area contributed by atoms with Gasteiger partial charge in [-0.1, -0.05) is 11.6 Å². The highest BCUT2D eigenvalue weighted by Crippen LogP contribution is 2.38. The lowest BCUT2D eigenvalue weighted by Gasteiger charge is -2.14. The van der Waals surface area contributed by atoms with E-state index in [1.807, 2.05) is 0 Å². The first kappa shape index (κ1) is 13.7. The topological polar surface area (TPSA) is 22.1 Å². The Bertz CT molecular complexity index is 397. The minimum Gasteiger partial charge on any atom is -0.404 e. The molecule has 2 nitrogen and oxygen atoms in total. The van der Waals surface area contributed by atoms with Crippen LogP contribution in [-0.4, -0.2) is 11.3 Å². The molecule has 16 heavy (non-hydrogen) atoms. The molecule has 1 aromatic heterocycles. The van der Waals surface area contributed by atoms with Crippen LogP contribution in [0, 0.1) is 3.57 Å². The fraction of sp³-hybridized carbons (Fsp3) is 0.286. The average molecular weight is 373 g/mol. The molecule has 1 heterocycles. The van der Waals surface area contributed by atoms with E-state index in [2.05, 4.69) is 9.72 Å². The second-order valence-corrected chi connectivity index (χ2v) is 3.93. The molecule has 0 N–H and O–H groups in total. The molecule has 0 aliphatic heterocycles. The van der Waals surface area contributed by atoms with Crippen molar-refractivity contribution in [3.63, 3.8) is 0 Å². The third-order valence-corrected chi connectivity index (χ3v) is 3.02. The zero-order chi connectivity index (χ0) is 12.5. The molecule has 0 bridgehead atoms. The van der Waals surface area contributed by atoms with Crippen molar-refractivity contribution in [2.24, 2.45) is 0 Å². The van der Waals surface area contributed by atoms with Gasteiger partial charge < -0.3 is 4.74 Å². The molecule has 0 saturated heterocycles. The lowest BCUT2D eigenvalue weighted by Crippen LogP contribution is -2.19. The van der Waals surface area contributed by atoms with E-state index in [1.165, 1.54) is 22.6 Å². The van der Waals surface area contributed by atoms with Crippen LogP contribution in [0.25, 0.3) is 0 Å². The summed E-state index contributed by atoms with van der Waals surface area (Å²) in [5.74, 6) is -1.01. The van der Waals surface area contributed by atoms with Gasteiger partial charge in [0.25, 0.3) is 6.43 Å². The van der Waals surface area contributed by atoms with E-state index in [-0.39, 0.29) is 8.72 Å². The van der Waals surface area contributed by atoms with Gasteiger partial charge in [-0.3, -0.25) is 0 Å². The first-order valence-electron chi connectivity index (χ1n) is 3.60. The number of halogens is 7. The summed E-state index contributed by atoms with van der Waals surface area (Å²) in [5.41, 5.74) is -0.953. The lowest BCUT2D eigenvalue weighted by molar-refractivity contribution is -0.275. The van der Waals surface area contributed by atoms with Crippen LogP contribution in [0.2, 0.25) is 5.15 Å². The van der Waals surface area contributed by atoms with E-state index in [0.717, 1.165) is 0 Å². The highest BCUT2D eigenvalue weighted by atomic mass is 127. The fourth-order valence-electron chi connectivity index (χ4n) is 0.837. The summed E-state index contributed by atoms with van der Waals surface area (Å²) in [6.45, 7) is 0. The molecule has 0 saturated carbocycles. The highest BCUT2D eigenvalue weighted by molar-refractivity contribution is 14.1. The van der Waals surface area contributed by atoms with Crippen molar-refractivity contribution in [1.29, 1.82) is 0 Å². The molecule has 0 atom stereocenters. The normalized spacial score (nSPS) is 12.0. The Morgan fingerprint density at radius 2 is 1.94 bits per heavy atom. The molecule has 90 valence electrons. The maximum Gasteiger partial charge on any atom is 0.573 e. The zero-order valence-corrected chi connectivity index (χ0v) is 10.1. The standard InChI is InChI=1S/C7H2ClF5INO/c8-5-3(14)4(16-7(11,12)13)2(1-15-5)6(9)10/h1,6H. The molecule has 0 aromatic carbocycles. The predicted octanol–water partition coefficient (Wildman–Crippen LogP) is 4.18. The van der Waals surface area contributed by atoms with Crippen LogP contribution in [0.5, 0.6) is 5.75 Å². The molecule has 0 aliphatic carbocycles. The molecular formula is C7H2ClF5INO. The van der Waals surface area contributed by atoms with Gasteiger partial charge >= 0.3 is 6.36 Å². The Hall–Kier alpha value is -0.380. The fourth-order valence-corrected chi connectivity index (χ4v) is 1.53. The summed E-state index contributed by atoms with van der Waals surface area (Å²) in [7, 11) is 0. The van der Waals surface area contributed by atoms with Gasteiger partial charge in [0.1, 0.15) is 5.15 Å². The summed E-state index contributed by atoms with van der Waals surface area (Å²) in [6, 6.07) is 0. The highest BCUT2D eigenvalue weighted by Gasteiger charge is 2.35. The maximum absolute atomic E-state index is 12.4. The number of hydrogen-bond acceptors (Lipinski definition) is 2. The maximum atomic E-state index is 12.4. The summed E-state index contributed by atoms with van der Waals surface area (Å²) in [6.07, 6.45) is -7.64. The SMILES string of the molecule is FC(F)c1cnc(Cl)c(I)c1OC(F)(F)F. The van der Waals surface area contributed by atoms with Crippen LogP contribution in [0.4, 0.5) is 22.0 Å². The Kier molecular flexibility index (Phi) is 4.16. The van der Waals surface area contributed by atoms with E-state index in [9.17, 15) is 22.0 Å². The first-order chi connectivity index (χ1) is 7.22. The summed E-state index contributed by atoms with van der Waals surface area (Å²) in [4.78, 5) is 3.32. The van der Waals surface area contributed by atoms with E-state index >= 15 is 0 Å². The number of aromatic nitrogens is 1. The zero-order valence-electron chi connectivity index (χ0n) is 7.16. The molecule has 1 rings (SSSR count). The Morgan fingerprint density at radius 3 is 2.38 bits per heavy atom. The van der Waals surface area contributed by atoms with Crippen LogP contribution in [0.15, 0.2) is 6.20 Å². The van der Waals surface area contributed by atoms with E-state index in [1.54, 1.807) is 0 Å². The van der Waals surface area contributed by atoms with Gasteiger partial charge in [-0.15, -0.1) is 13.2 Å². The van der Waals surface area contributed by atoms with Crippen molar-refractivity contribution in [2.75, 3.05) is 0 Å². The van der Waals surface area contributed by atoms with Crippen LogP contribution >= 0.6 is 34.2 Å². The summed E-state index contributed by atoms with van der Waals surface area (Å²) >= 11 is 6.76. The summed E-state index contributed by atoms with van der Waals surface area (Å²) in [5, 5.41) is -0.329. The van der Waals surface area contributed by atoms with Crippen LogP contribution in [-0.2, 0) is 0 Å². The minimum atomic E-state index is -5.06. The second-order valence-electron chi connectivity index (χ2n) is 2.50. The minimum absolute atomic E-state index is 0.311. The Morgan fingerprint density at radius 1 is 1.38 bits per heavy atom. The van der Waals surface area contributed by atoms with E-state index < -0.39 is 24.1 Å². The van der Waals surface area contributed by atoms with Crippen molar-refractivity contribution >= 4 is 34.2 Å². The Balaban J connectivity index is 3.26. The van der Waals surface area contributed by atoms with Gasteiger partial charge in [-0.05, 0) is 22.6 Å². The van der Waals surface area contributed by atoms with Crippen molar-refractivity contribution in [1.82, 2.24) is 4.98 Å². The van der Waals surface area contributed by atoms with Gasteiger partial charge in [-0.25, -0.2) is 13.8 Å². The van der Waals surface area contributed by atoms with Crippen molar-refractivity contribution < 1.29 is 26.7 Å². The van der Waals surface area contributed by atoms with Crippen LogP contribution in [0.1, 0.15) is 12.0 Å². The molecule has 0 unspecified atom stereocenters. The van der Waals surface area contributed by atoms with Gasteiger partial charge in [-0.2, -0.15) is 0 Å². The molecule has 1 aromatic rings. The number of nitrogens with zero attached hydrogens (tertiary/aromatic N) is 1. The lowest BCUT2D eigenvalue weighted by atomic mass is 10.3. The molecule has 9 heteroatoms. The molecule has 0 radical (unpaired) electrons. The van der Waals surface area contributed by atoms with E-state index in [4.69, 9.17) is 11.6 Å². The summed E-state index contributed by atoms with van der Waals surface area (Å²) < 4.78 is 63.8. The molecule has 0 aliphatic rings. The smallest absolute Gasteiger partial charge is 0.404 e. The molecular weight excluding hydrogens is 371 g/mol. The third kappa shape index (κ3) is 3.30. The second kappa shape index (κ2) is 4.86. The monoisotopic (exact) mass is 373 g/mol. The van der Waals surface area contributed by atoms with Crippen molar-refractivity contribution in [3.8, 4) is 5.75 Å². The Labute approximate surface area is 105 Å². The predicted molar refractivity (Wildman–Crippen MR) is 53.6 cm³/mol. The number of alkyl halides is 5. The van der Waals surface area contributed by atoms with Crippen molar-refractivity contribution in [2.45, 2.75) is 12.8 Å². The van der Waals surface area contributed by atoms with Crippen molar-refractivity contribution in [3.05, 3.63) is 20.5 Å².